The number of phenols is 1. The van der Waals surface area contributed by atoms with Crippen LogP contribution in [0.15, 0.2) is 84.9 Å². The Kier molecular flexibility index (Phi) is 16.4. The van der Waals surface area contributed by atoms with Gasteiger partial charge in [0.15, 0.2) is 0 Å². The van der Waals surface area contributed by atoms with Crippen molar-refractivity contribution in [2.24, 2.45) is 0 Å². The van der Waals surface area contributed by atoms with Crippen molar-refractivity contribution in [1.82, 2.24) is 15.5 Å². The second-order valence-corrected chi connectivity index (χ2v) is 15.5. The predicted molar refractivity (Wildman–Crippen MR) is 207 cm³/mol. The van der Waals surface area contributed by atoms with E-state index in [4.69, 9.17) is 9.47 Å². The third kappa shape index (κ3) is 15.3. The number of hydrogen-bond acceptors (Lipinski definition) is 7. The molecule has 3 aromatic rings. The van der Waals surface area contributed by atoms with Gasteiger partial charge in [0.1, 0.15) is 35.1 Å². The van der Waals surface area contributed by atoms with Crippen LogP contribution in [-0.2, 0) is 36.7 Å². The molecule has 0 saturated carbocycles. The number of ether oxygens (including phenoxy) is 2. The molecule has 0 aliphatic rings. The summed E-state index contributed by atoms with van der Waals surface area (Å²) in [6.07, 6.45) is 5.11. The molecule has 0 radical (unpaired) electrons. The number of aromatic hydroxyl groups is 1. The van der Waals surface area contributed by atoms with Gasteiger partial charge in [-0.15, -0.1) is 0 Å². The smallest absolute Gasteiger partial charge is 0.408 e. The highest BCUT2D eigenvalue weighted by atomic mass is 16.6. The first-order valence-corrected chi connectivity index (χ1v) is 18.8. The molecule has 288 valence electrons. The Hall–Kier alpha value is -4.86. The quantitative estimate of drug-likeness (QED) is 0.0898. The van der Waals surface area contributed by atoms with Crippen LogP contribution in [0.3, 0.4) is 0 Å². The molecule has 0 aromatic heterocycles. The van der Waals surface area contributed by atoms with E-state index in [0.29, 0.717) is 12.0 Å². The van der Waals surface area contributed by atoms with Crippen LogP contribution in [0.25, 0.3) is 0 Å². The van der Waals surface area contributed by atoms with E-state index in [1.54, 1.807) is 53.7 Å². The molecule has 0 aliphatic carbocycles. The van der Waals surface area contributed by atoms with Gasteiger partial charge in [-0.05, 0) is 76.8 Å². The van der Waals surface area contributed by atoms with E-state index in [-0.39, 0.29) is 25.1 Å². The van der Waals surface area contributed by atoms with E-state index >= 15 is 0 Å². The number of carbonyl (C=O) groups is 4. The Labute approximate surface area is 315 Å². The molecule has 0 spiro atoms. The molecule has 3 rings (SSSR count). The van der Waals surface area contributed by atoms with Gasteiger partial charge >= 0.3 is 12.1 Å². The molecule has 3 N–H and O–H groups in total. The normalized spacial score (nSPS) is 13.3. The van der Waals surface area contributed by atoms with Crippen LogP contribution < -0.4 is 10.6 Å². The number of phenolic OH excluding ortho intramolecular Hbond substituents is 1. The van der Waals surface area contributed by atoms with Crippen molar-refractivity contribution in [2.45, 2.75) is 129 Å². The number of carbonyl (C=O) groups excluding carboxylic acids is 4. The van der Waals surface area contributed by atoms with E-state index in [0.717, 1.165) is 43.2 Å². The number of benzene rings is 3. The molecule has 0 heterocycles. The molecule has 3 unspecified atom stereocenters. The highest BCUT2D eigenvalue weighted by Gasteiger charge is 2.38. The van der Waals surface area contributed by atoms with Crippen molar-refractivity contribution < 1.29 is 33.8 Å². The lowest BCUT2D eigenvalue weighted by Gasteiger charge is -2.35. The van der Waals surface area contributed by atoms with Gasteiger partial charge in [0.05, 0.1) is 0 Å². The number of esters is 1. The van der Waals surface area contributed by atoms with Crippen LogP contribution in [0.2, 0.25) is 0 Å². The summed E-state index contributed by atoms with van der Waals surface area (Å²) in [6, 6.07) is 21.3. The van der Waals surface area contributed by atoms with Crippen molar-refractivity contribution in [3.8, 4) is 5.75 Å². The fourth-order valence-electron chi connectivity index (χ4n) is 5.96. The molecular formula is C43H59N3O7. The molecule has 10 heteroatoms. The van der Waals surface area contributed by atoms with Crippen molar-refractivity contribution in [2.75, 3.05) is 6.54 Å². The lowest BCUT2D eigenvalue weighted by molar-refractivity contribution is -0.159. The topological polar surface area (TPSA) is 134 Å². The number of alkyl carbamates (subject to hydrolysis) is 1. The summed E-state index contributed by atoms with van der Waals surface area (Å²) < 4.78 is 11.3. The Morgan fingerprint density at radius 1 is 0.679 bits per heavy atom. The van der Waals surface area contributed by atoms with Gasteiger partial charge in [-0.1, -0.05) is 112 Å². The van der Waals surface area contributed by atoms with Crippen molar-refractivity contribution in [1.29, 1.82) is 0 Å². The lowest BCUT2D eigenvalue weighted by atomic mass is 9.98. The van der Waals surface area contributed by atoms with Crippen LogP contribution >= 0.6 is 0 Å². The molecule has 3 atom stereocenters. The summed E-state index contributed by atoms with van der Waals surface area (Å²) in [7, 11) is 0. The van der Waals surface area contributed by atoms with Crippen LogP contribution in [0, 0.1) is 0 Å². The van der Waals surface area contributed by atoms with Gasteiger partial charge in [0.2, 0.25) is 11.8 Å². The highest BCUT2D eigenvalue weighted by Crippen LogP contribution is 2.28. The maximum atomic E-state index is 14.9. The average Bonchev–Trinajstić information content (AvgIpc) is 3.07. The Bertz CT molecular complexity index is 1600. The standard InChI is InChI=1S/C43H59N3O7/c1-8-9-10-11-12-19-27-46(39(49)35(28-31-21-15-13-16-22-31)45-41(51)53-43(5,6)7)37(33-25-20-26-34(47)30-33)38(48)44-36(40(50)52-42(2,3)4)29-32-23-17-14-18-24-32/h13-18,20-26,30,35-37,47H,8-12,19,27-29H2,1-7H3,(H,44,48)(H,45,51). The summed E-state index contributed by atoms with van der Waals surface area (Å²) in [5.74, 6) is -1.84. The van der Waals surface area contributed by atoms with Crippen LogP contribution in [0.4, 0.5) is 4.79 Å². The van der Waals surface area contributed by atoms with Crippen LogP contribution in [0.1, 0.15) is 110 Å². The fraction of sp³-hybridized carbons (Fsp3) is 0.488. The minimum Gasteiger partial charge on any atom is -0.508 e. The largest absolute Gasteiger partial charge is 0.508 e. The number of rotatable bonds is 18. The van der Waals surface area contributed by atoms with E-state index in [2.05, 4.69) is 17.6 Å². The van der Waals surface area contributed by atoms with Gasteiger partial charge in [0, 0.05) is 19.4 Å². The average molecular weight is 730 g/mol. The third-order valence-corrected chi connectivity index (χ3v) is 8.34. The van der Waals surface area contributed by atoms with Gasteiger partial charge in [-0.2, -0.15) is 0 Å². The number of amides is 3. The molecule has 0 bridgehead atoms. The first-order chi connectivity index (χ1) is 25.1. The van der Waals surface area contributed by atoms with E-state index in [1.165, 1.54) is 17.0 Å². The number of nitrogens with one attached hydrogen (secondary N) is 2. The van der Waals surface area contributed by atoms with Crippen molar-refractivity contribution in [3.05, 3.63) is 102 Å². The third-order valence-electron chi connectivity index (χ3n) is 8.34. The van der Waals surface area contributed by atoms with Gasteiger partial charge in [0.25, 0.3) is 0 Å². The zero-order valence-corrected chi connectivity index (χ0v) is 32.5. The second kappa shape index (κ2) is 20.4. The van der Waals surface area contributed by atoms with E-state index < -0.39 is 53.2 Å². The maximum absolute atomic E-state index is 14.9. The minimum atomic E-state index is -1.27. The summed E-state index contributed by atoms with van der Waals surface area (Å²) in [6.45, 7) is 12.8. The summed E-state index contributed by atoms with van der Waals surface area (Å²) in [5.41, 5.74) is 0.316. The zero-order valence-electron chi connectivity index (χ0n) is 32.5. The Balaban J connectivity index is 2.11. The van der Waals surface area contributed by atoms with E-state index in [9.17, 15) is 24.3 Å². The molecule has 53 heavy (non-hydrogen) atoms. The first-order valence-electron chi connectivity index (χ1n) is 18.8. The van der Waals surface area contributed by atoms with Crippen LogP contribution in [-0.4, -0.2) is 63.7 Å². The molecule has 0 aliphatic heterocycles. The molecule has 3 amide bonds. The molecular weight excluding hydrogens is 670 g/mol. The number of hydrogen-bond donors (Lipinski definition) is 3. The van der Waals surface area contributed by atoms with E-state index in [1.807, 2.05) is 60.7 Å². The minimum absolute atomic E-state index is 0.0899. The van der Waals surface area contributed by atoms with Gasteiger partial charge in [-0.3, -0.25) is 9.59 Å². The number of nitrogens with zero attached hydrogens (tertiary/aromatic N) is 1. The number of unbranched alkanes of at least 4 members (excludes halogenated alkanes) is 5. The first kappa shape index (κ1) is 42.6. The molecule has 0 saturated heterocycles. The summed E-state index contributed by atoms with van der Waals surface area (Å²) >= 11 is 0. The molecule has 10 nitrogen and oxygen atoms in total. The monoisotopic (exact) mass is 729 g/mol. The molecule has 3 aromatic carbocycles. The van der Waals surface area contributed by atoms with Gasteiger partial charge in [-0.25, -0.2) is 9.59 Å². The molecule has 0 fully saturated rings. The van der Waals surface area contributed by atoms with Crippen molar-refractivity contribution in [3.63, 3.8) is 0 Å². The predicted octanol–water partition coefficient (Wildman–Crippen LogP) is 7.83. The Morgan fingerprint density at radius 3 is 1.77 bits per heavy atom. The SMILES string of the molecule is CCCCCCCCN(C(=O)C(Cc1ccccc1)NC(=O)OC(C)(C)C)C(C(=O)NC(Cc1ccccc1)C(=O)OC(C)(C)C)c1cccc(O)c1. The van der Waals surface area contributed by atoms with Crippen LogP contribution in [0.5, 0.6) is 5.75 Å². The summed E-state index contributed by atoms with van der Waals surface area (Å²) in [4.78, 5) is 58.0. The summed E-state index contributed by atoms with van der Waals surface area (Å²) in [5, 5.41) is 16.3. The Morgan fingerprint density at radius 2 is 1.23 bits per heavy atom. The fourth-order valence-corrected chi connectivity index (χ4v) is 5.96. The van der Waals surface area contributed by atoms with Crippen molar-refractivity contribution >= 4 is 23.9 Å². The lowest BCUT2D eigenvalue weighted by Crippen LogP contribution is -2.55. The van der Waals surface area contributed by atoms with Gasteiger partial charge < -0.3 is 30.1 Å². The maximum Gasteiger partial charge on any atom is 0.408 e. The highest BCUT2D eigenvalue weighted by molar-refractivity contribution is 5.94. The second-order valence-electron chi connectivity index (χ2n) is 15.5. The zero-order chi connectivity index (χ0) is 39.0.